The fourth-order valence-electron chi connectivity index (χ4n) is 2.43. The van der Waals surface area contributed by atoms with Gasteiger partial charge in [-0.1, -0.05) is 13.3 Å². The summed E-state index contributed by atoms with van der Waals surface area (Å²) in [7, 11) is 1.92. The molecule has 4 nitrogen and oxygen atoms in total. The summed E-state index contributed by atoms with van der Waals surface area (Å²) in [6, 6.07) is 0.000741. The molecule has 0 aliphatic carbocycles. The van der Waals surface area contributed by atoms with Crippen LogP contribution in [0.15, 0.2) is 16.6 Å². The molecule has 0 bridgehead atoms. The van der Waals surface area contributed by atoms with E-state index >= 15 is 0 Å². The van der Waals surface area contributed by atoms with Gasteiger partial charge in [-0.15, -0.1) is 11.3 Å². The lowest BCUT2D eigenvalue weighted by Crippen LogP contribution is -2.44. The van der Waals surface area contributed by atoms with Gasteiger partial charge in [0.05, 0.1) is 6.04 Å². The number of piperidine rings is 1. The molecule has 2 heterocycles. The largest absolute Gasteiger partial charge is 0.327 e. The van der Waals surface area contributed by atoms with Gasteiger partial charge in [0.2, 0.25) is 0 Å². The highest BCUT2D eigenvalue weighted by Crippen LogP contribution is 2.18. The number of thiazole rings is 1. The Bertz CT molecular complexity index is 461. The summed E-state index contributed by atoms with van der Waals surface area (Å²) in [5.41, 5.74) is 0. The smallest absolute Gasteiger partial charge is 0.265 e. The third kappa shape index (κ3) is 3.09. The van der Waals surface area contributed by atoms with Crippen molar-refractivity contribution in [2.45, 2.75) is 38.6 Å². The van der Waals surface area contributed by atoms with E-state index in [1.807, 2.05) is 23.2 Å². The highest BCUT2D eigenvalue weighted by molar-refractivity contribution is 7.07. The molecule has 0 N–H and O–H groups in total. The molecule has 1 amide bonds. The van der Waals surface area contributed by atoms with Crippen molar-refractivity contribution in [2.75, 3.05) is 13.1 Å². The number of aryl methyl sites for hydroxylation is 1. The van der Waals surface area contributed by atoms with E-state index in [-0.39, 0.29) is 11.9 Å². The first-order valence-electron chi connectivity index (χ1n) is 6.65. The van der Waals surface area contributed by atoms with E-state index < -0.39 is 0 Å². The van der Waals surface area contributed by atoms with Crippen molar-refractivity contribution in [3.63, 3.8) is 0 Å². The number of nitrogens with zero attached hydrogens (tertiary/aromatic N) is 3. The number of carbonyl (C=O) groups excluding carboxylic acids is 1. The summed E-state index contributed by atoms with van der Waals surface area (Å²) in [4.78, 5) is 19.7. The van der Waals surface area contributed by atoms with Crippen molar-refractivity contribution in [2.24, 2.45) is 12.0 Å². The molecule has 1 fully saturated rings. The molecule has 0 saturated carbocycles. The van der Waals surface area contributed by atoms with Gasteiger partial charge >= 0.3 is 0 Å². The van der Waals surface area contributed by atoms with Crippen LogP contribution < -0.4 is 4.80 Å². The minimum atomic E-state index is 0.000741. The monoisotopic (exact) mass is 267 g/mol. The van der Waals surface area contributed by atoms with Crippen molar-refractivity contribution in [1.29, 1.82) is 0 Å². The first kappa shape index (κ1) is 13.5. The van der Waals surface area contributed by atoms with E-state index in [4.69, 9.17) is 0 Å². The van der Waals surface area contributed by atoms with Gasteiger partial charge in [0.25, 0.3) is 5.91 Å². The number of hydrogen-bond acceptors (Lipinski definition) is 3. The lowest BCUT2D eigenvalue weighted by atomic mass is 10.0. The minimum Gasteiger partial charge on any atom is -0.327 e. The average Bonchev–Trinajstić information content (AvgIpc) is 2.76. The Labute approximate surface area is 112 Å². The zero-order valence-electron chi connectivity index (χ0n) is 11.1. The van der Waals surface area contributed by atoms with Crippen LogP contribution in [0.2, 0.25) is 0 Å². The fourth-order valence-corrected chi connectivity index (χ4v) is 3.16. The predicted molar refractivity (Wildman–Crippen MR) is 73.4 cm³/mol. The topological polar surface area (TPSA) is 37.6 Å². The van der Waals surface area contributed by atoms with Crippen LogP contribution in [0, 0.1) is 0 Å². The van der Waals surface area contributed by atoms with Gasteiger partial charge in [0.1, 0.15) is 0 Å². The van der Waals surface area contributed by atoms with Crippen molar-refractivity contribution in [3.05, 3.63) is 16.4 Å². The van der Waals surface area contributed by atoms with E-state index in [2.05, 4.69) is 16.8 Å². The van der Waals surface area contributed by atoms with Crippen molar-refractivity contribution in [1.82, 2.24) is 9.47 Å². The van der Waals surface area contributed by atoms with Crippen LogP contribution in [0.4, 0.5) is 0 Å². The quantitative estimate of drug-likeness (QED) is 0.837. The van der Waals surface area contributed by atoms with Gasteiger partial charge in [-0.25, -0.2) is 0 Å². The Morgan fingerprint density at radius 1 is 1.56 bits per heavy atom. The average molecular weight is 267 g/mol. The molecule has 1 aromatic rings. The van der Waals surface area contributed by atoms with E-state index in [9.17, 15) is 4.79 Å². The van der Waals surface area contributed by atoms with Gasteiger partial charge < -0.3 is 4.57 Å². The molecule has 2 rings (SSSR count). The molecule has 1 aromatic heterocycles. The van der Waals surface area contributed by atoms with Crippen LogP contribution in [0.1, 0.15) is 32.6 Å². The number of carbonyl (C=O) groups is 1. The van der Waals surface area contributed by atoms with E-state index in [1.54, 1.807) is 0 Å². The molecular weight excluding hydrogens is 246 g/mol. The van der Waals surface area contributed by atoms with Gasteiger partial charge in [-0.05, 0) is 32.4 Å². The van der Waals surface area contributed by atoms with Crippen LogP contribution in [-0.2, 0) is 11.8 Å². The lowest BCUT2D eigenvalue weighted by Gasteiger charge is -2.33. The predicted octanol–water partition coefficient (Wildman–Crippen LogP) is 1.78. The maximum atomic E-state index is 12.3. The summed E-state index contributed by atoms with van der Waals surface area (Å²) in [6.07, 6.45) is 6.33. The minimum absolute atomic E-state index is 0.000741. The molecule has 1 saturated heterocycles. The maximum absolute atomic E-state index is 12.3. The molecule has 5 heteroatoms. The highest BCUT2D eigenvalue weighted by atomic mass is 32.1. The maximum Gasteiger partial charge on any atom is 0.265 e. The molecule has 1 unspecified atom stereocenters. The Kier molecular flexibility index (Phi) is 4.72. The molecule has 1 atom stereocenters. The van der Waals surface area contributed by atoms with Gasteiger partial charge in [0, 0.05) is 18.6 Å². The SMILES string of the molecule is CCCN1CCCCC1C(=O)N=c1sccn1C. The molecule has 18 heavy (non-hydrogen) atoms. The first-order chi connectivity index (χ1) is 8.72. The molecular formula is C13H21N3OS. The zero-order valence-corrected chi connectivity index (χ0v) is 11.9. The lowest BCUT2D eigenvalue weighted by molar-refractivity contribution is -0.124. The van der Waals surface area contributed by atoms with Crippen LogP contribution in [0.5, 0.6) is 0 Å². The number of hydrogen-bond donors (Lipinski definition) is 0. The molecule has 0 spiro atoms. The van der Waals surface area contributed by atoms with E-state index in [1.165, 1.54) is 17.8 Å². The molecule has 1 aliphatic rings. The summed E-state index contributed by atoms with van der Waals surface area (Å²) in [5.74, 6) is 0.0289. The fraction of sp³-hybridized carbons (Fsp3) is 0.692. The van der Waals surface area contributed by atoms with Crippen molar-refractivity contribution < 1.29 is 4.79 Å². The van der Waals surface area contributed by atoms with Crippen molar-refractivity contribution >= 4 is 17.2 Å². The van der Waals surface area contributed by atoms with Gasteiger partial charge in [-0.2, -0.15) is 4.99 Å². The second kappa shape index (κ2) is 6.29. The molecule has 100 valence electrons. The standard InChI is InChI=1S/C13H21N3OS/c1-3-7-16-8-5-4-6-11(16)12(17)14-13-15(2)9-10-18-13/h9-11H,3-8H2,1-2H3. The highest BCUT2D eigenvalue weighted by Gasteiger charge is 2.27. The summed E-state index contributed by atoms with van der Waals surface area (Å²) in [5, 5.41) is 1.96. The summed E-state index contributed by atoms with van der Waals surface area (Å²) in [6.45, 7) is 4.20. The number of likely N-dealkylation sites (tertiary alicyclic amines) is 1. The van der Waals surface area contributed by atoms with Crippen LogP contribution >= 0.6 is 11.3 Å². The van der Waals surface area contributed by atoms with Crippen molar-refractivity contribution in [3.8, 4) is 0 Å². The number of amides is 1. The third-order valence-corrected chi connectivity index (χ3v) is 4.22. The third-order valence-electron chi connectivity index (χ3n) is 3.38. The number of rotatable bonds is 3. The Morgan fingerprint density at radius 3 is 3.06 bits per heavy atom. The second-order valence-electron chi connectivity index (χ2n) is 4.79. The van der Waals surface area contributed by atoms with Crippen LogP contribution in [0.25, 0.3) is 0 Å². The van der Waals surface area contributed by atoms with Crippen LogP contribution in [-0.4, -0.2) is 34.5 Å². The Hall–Kier alpha value is -0.940. The number of aromatic nitrogens is 1. The van der Waals surface area contributed by atoms with Gasteiger partial charge in [-0.3, -0.25) is 9.69 Å². The Morgan fingerprint density at radius 2 is 2.39 bits per heavy atom. The molecule has 0 radical (unpaired) electrons. The summed E-state index contributed by atoms with van der Waals surface area (Å²) < 4.78 is 1.90. The first-order valence-corrected chi connectivity index (χ1v) is 7.53. The molecule has 1 aliphatic heterocycles. The van der Waals surface area contributed by atoms with Gasteiger partial charge in [0.15, 0.2) is 4.80 Å². The Balaban J connectivity index is 2.14. The normalized spacial score (nSPS) is 22.3. The van der Waals surface area contributed by atoms with E-state index in [0.717, 1.165) is 37.2 Å². The zero-order chi connectivity index (χ0) is 13.0. The summed E-state index contributed by atoms with van der Waals surface area (Å²) >= 11 is 1.51. The second-order valence-corrected chi connectivity index (χ2v) is 5.67. The van der Waals surface area contributed by atoms with Crippen LogP contribution in [0.3, 0.4) is 0 Å². The molecule has 0 aromatic carbocycles. The van der Waals surface area contributed by atoms with E-state index in [0.29, 0.717) is 0 Å².